The van der Waals surface area contributed by atoms with E-state index in [-0.39, 0.29) is 0 Å². The van der Waals surface area contributed by atoms with Crippen LogP contribution in [0.5, 0.6) is 0 Å². The molecule has 2 nitrogen and oxygen atoms in total. The summed E-state index contributed by atoms with van der Waals surface area (Å²) in [4.78, 5) is 2.57. The third-order valence-electron chi connectivity index (χ3n) is 3.75. The van der Waals surface area contributed by atoms with Crippen LogP contribution in [0.25, 0.3) is 0 Å². The van der Waals surface area contributed by atoms with Crippen molar-refractivity contribution < 1.29 is 0 Å². The lowest BCUT2D eigenvalue weighted by atomic mass is 10.0. The summed E-state index contributed by atoms with van der Waals surface area (Å²) in [6, 6.07) is 12.1. The number of benzene rings is 1. The fraction of sp³-hybridized carbons (Fsp3) is 0.600. The third-order valence-corrected chi connectivity index (χ3v) is 4.89. The van der Waals surface area contributed by atoms with E-state index in [1.54, 1.807) is 0 Å². The van der Waals surface area contributed by atoms with Crippen molar-refractivity contribution in [3.63, 3.8) is 0 Å². The van der Waals surface area contributed by atoms with Gasteiger partial charge in [0.25, 0.3) is 0 Å². The second-order valence-corrected chi connectivity index (χ2v) is 6.07. The zero-order chi connectivity index (χ0) is 12.8. The molecule has 1 aliphatic heterocycles. The van der Waals surface area contributed by atoms with Crippen molar-refractivity contribution in [1.82, 2.24) is 10.2 Å². The fourth-order valence-corrected chi connectivity index (χ4v) is 3.83. The summed E-state index contributed by atoms with van der Waals surface area (Å²) in [7, 11) is 2.28. The van der Waals surface area contributed by atoms with E-state index in [0.29, 0.717) is 6.04 Å². The number of hydrogen-bond donors (Lipinski definition) is 1. The van der Waals surface area contributed by atoms with Crippen molar-refractivity contribution in [3.8, 4) is 0 Å². The smallest absolute Gasteiger partial charge is 0.0472 e. The molecule has 1 aromatic carbocycles. The Morgan fingerprint density at radius 3 is 2.78 bits per heavy atom. The van der Waals surface area contributed by atoms with Gasteiger partial charge in [0.15, 0.2) is 0 Å². The number of thioether (sulfide) groups is 1. The van der Waals surface area contributed by atoms with Crippen molar-refractivity contribution in [2.24, 2.45) is 0 Å². The summed E-state index contributed by atoms with van der Waals surface area (Å²) in [6.45, 7) is 4.25. The molecule has 2 unspecified atom stereocenters. The molecular formula is C15H24N2S. The maximum atomic E-state index is 3.50. The minimum absolute atomic E-state index is 0.495. The topological polar surface area (TPSA) is 15.3 Å². The van der Waals surface area contributed by atoms with Gasteiger partial charge in [0.2, 0.25) is 0 Å². The molecule has 100 valence electrons. The zero-order valence-electron chi connectivity index (χ0n) is 11.4. The molecule has 0 saturated carbocycles. The minimum atomic E-state index is 0.495. The first-order chi connectivity index (χ1) is 8.83. The standard InChI is InChI=1S/C15H24N2S/c1-3-16-11-15(13-7-5-4-6-8-13)17(2)14-9-10-18-12-14/h4-8,14-16H,3,9-12H2,1-2H3. The van der Waals surface area contributed by atoms with Crippen LogP contribution in [-0.2, 0) is 0 Å². The van der Waals surface area contributed by atoms with E-state index < -0.39 is 0 Å². The number of nitrogens with one attached hydrogen (secondary N) is 1. The quantitative estimate of drug-likeness (QED) is 0.850. The predicted molar refractivity (Wildman–Crippen MR) is 81.2 cm³/mol. The van der Waals surface area contributed by atoms with E-state index in [9.17, 15) is 0 Å². The van der Waals surface area contributed by atoms with Gasteiger partial charge in [-0.25, -0.2) is 0 Å². The zero-order valence-corrected chi connectivity index (χ0v) is 12.2. The van der Waals surface area contributed by atoms with Gasteiger partial charge in [-0.1, -0.05) is 37.3 Å². The molecule has 1 fully saturated rings. The van der Waals surface area contributed by atoms with Gasteiger partial charge >= 0.3 is 0 Å². The number of nitrogens with zero attached hydrogens (tertiary/aromatic N) is 1. The average Bonchev–Trinajstić information content (AvgIpc) is 2.94. The molecule has 3 heteroatoms. The molecule has 2 atom stereocenters. The molecule has 18 heavy (non-hydrogen) atoms. The maximum absolute atomic E-state index is 3.50. The molecule has 0 aliphatic carbocycles. The second-order valence-electron chi connectivity index (χ2n) is 4.92. The monoisotopic (exact) mass is 264 g/mol. The van der Waals surface area contributed by atoms with Gasteiger partial charge in [-0.3, -0.25) is 4.90 Å². The molecule has 0 amide bonds. The minimum Gasteiger partial charge on any atom is -0.315 e. The Morgan fingerprint density at radius 1 is 1.39 bits per heavy atom. The van der Waals surface area contributed by atoms with Gasteiger partial charge < -0.3 is 5.32 Å². The van der Waals surface area contributed by atoms with Gasteiger partial charge in [0, 0.05) is 24.4 Å². The third kappa shape index (κ3) is 3.50. The van der Waals surface area contributed by atoms with Gasteiger partial charge in [-0.05, 0) is 31.3 Å². The normalized spacial score (nSPS) is 21.4. The van der Waals surface area contributed by atoms with E-state index in [0.717, 1.165) is 19.1 Å². The Balaban J connectivity index is 2.08. The fourth-order valence-electron chi connectivity index (χ4n) is 2.55. The SMILES string of the molecule is CCNCC(c1ccccc1)N(C)C1CCSC1. The first-order valence-corrected chi connectivity index (χ1v) is 8.03. The van der Waals surface area contributed by atoms with Crippen LogP contribution in [0.4, 0.5) is 0 Å². The van der Waals surface area contributed by atoms with Crippen molar-refractivity contribution in [2.75, 3.05) is 31.6 Å². The average molecular weight is 264 g/mol. The summed E-state index contributed by atoms with van der Waals surface area (Å²) in [5.74, 6) is 2.60. The Kier molecular flexibility index (Phi) is 5.54. The van der Waals surface area contributed by atoms with E-state index in [1.165, 1.54) is 23.5 Å². The molecule has 1 aromatic rings. The van der Waals surface area contributed by atoms with Gasteiger partial charge in [-0.2, -0.15) is 11.8 Å². The molecule has 1 saturated heterocycles. The molecule has 2 rings (SSSR count). The van der Waals surface area contributed by atoms with E-state index in [1.807, 2.05) is 0 Å². The van der Waals surface area contributed by atoms with E-state index in [2.05, 4.69) is 66.3 Å². The van der Waals surface area contributed by atoms with Crippen LogP contribution < -0.4 is 5.32 Å². The molecule has 0 bridgehead atoms. The first-order valence-electron chi connectivity index (χ1n) is 6.88. The Morgan fingerprint density at radius 2 is 2.17 bits per heavy atom. The molecule has 1 N–H and O–H groups in total. The number of likely N-dealkylation sites (N-methyl/N-ethyl adjacent to an activating group) is 2. The summed E-state index contributed by atoms with van der Waals surface area (Å²) in [5.41, 5.74) is 1.43. The summed E-state index contributed by atoms with van der Waals surface area (Å²) in [5, 5.41) is 3.50. The highest BCUT2D eigenvalue weighted by atomic mass is 32.2. The number of hydrogen-bond acceptors (Lipinski definition) is 3. The van der Waals surface area contributed by atoms with Crippen LogP contribution in [-0.4, -0.2) is 42.6 Å². The van der Waals surface area contributed by atoms with Crippen molar-refractivity contribution in [3.05, 3.63) is 35.9 Å². The summed E-state index contributed by atoms with van der Waals surface area (Å²) in [6.07, 6.45) is 1.33. The number of rotatable bonds is 6. The lowest BCUT2D eigenvalue weighted by Gasteiger charge is -2.33. The Bertz CT molecular complexity index is 336. The van der Waals surface area contributed by atoms with Crippen LogP contribution in [0.3, 0.4) is 0 Å². The van der Waals surface area contributed by atoms with E-state index in [4.69, 9.17) is 0 Å². The van der Waals surface area contributed by atoms with Crippen molar-refractivity contribution >= 4 is 11.8 Å². The van der Waals surface area contributed by atoms with Crippen LogP contribution in [0.15, 0.2) is 30.3 Å². The van der Waals surface area contributed by atoms with Gasteiger partial charge in [0.1, 0.15) is 0 Å². The first kappa shape index (κ1) is 13.9. The highest BCUT2D eigenvalue weighted by Crippen LogP contribution is 2.28. The molecule has 0 aromatic heterocycles. The summed E-state index contributed by atoms with van der Waals surface area (Å²) >= 11 is 2.08. The lowest BCUT2D eigenvalue weighted by Crippen LogP contribution is -2.40. The van der Waals surface area contributed by atoms with Crippen LogP contribution in [0.2, 0.25) is 0 Å². The Labute approximate surface area is 115 Å². The lowest BCUT2D eigenvalue weighted by molar-refractivity contribution is 0.185. The van der Waals surface area contributed by atoms with E-state index >= 15 is 0 Å². The van der Waals surface area contributed by atoms with Crippen molar-refractivity contribution in [1.29, 1.82) is 0 Å². The predicted octanol–water partition coefficient (Wildman–Crippen LogP) is 2.77. The van der Waals surface area contributed by atoms with Crippen LogP contribution >= 0.6 is 11.8 Å². The van der Waals surface area contributed by atoms with Crippen LogP contribution in [0, 0.1) is 0 Å². The molecule has 0 radical (unpaired) electrons. The maximum Gasteiger partial charge on any atom is 0.0472 e. The van der Waals surface area contributed by atoms with Gasteiger partial charge in [0.05, 0.1) is 0 Å². The summed E-state index contributed by atoms with van der Waals surface area (Å²) < 4.78 is 0. The van der Waals surface area contributed by atoms with Crippen molar-refractivity contribution in [2.45, 2.75) is 25.4 Å². The Hall–Kier alpha value is -0.510. The highest BCUT2D eigenvalue weighted by molar-refractivity contribution is 7.99. The molecule has 0 spiro atoms. The second kappa shape index (κ2) is 7.17. The highest BCUT2D eigenvalue weighted by Gasteiger charge is 2.26. The van der Waals surface area contributed by atoms with Crippen LogP contribution in [0.1, 0.15) is 24.9 Å². The van der Waals surface area contributed by atoms with Gasteiger partial charge in [-0.15, -0.1) is 0 Å². The molecule has 1 heterocycles. The molecular weight excluding hydrogens is 240 g/mol. The largest absolute Gasteiger partial charge is 0.315 e. The molecule has 1 aliphatic rings.